The van der Waals surface area contributed by atoms with E-state index in [9.17, 15) is 0 Å². The number of rotatable bonds is 10. The first kappa shape index (κ1) is 18.7. The van der Waals surface area contributed by atoms with Gasteiger partial charge in [-0.25, -0.2) is 0 Å². The van der Waals surface area contributed by atoms with Crippen molar-refractivity contribution in [3.8, 4) is 0 Å². The van der Waals surface area contributed by atoms with Crippen LogP contribution >= 0.6 is 0 Å². The summed E-state index contributed by atoms with van der Waals surface area (Å²) < 4.78 is 0. The Morgan fingerprint density at radius 3 is 1.62 bits per heavy atom. The van der Waals surface area contributed by atoms with E-state index in [0.29, 0.717) is 0 Å². The van der Waals surface area contributed by atoms with Gasteiger partial charge in [0.2, 0.25) is 0 Å². The van der Waals surface area contributed by atoms with Crippen LogP contribution in [0, 0.1) is 5.41 Å². The highest BCUT2D eigenvalue weighted by atomic mass is 14.3. The maximum atomic E-state index is 3.93. The van der Waals surface area contributed by atoms with Gasteiger partial charge in [-0.3, -0.25) is 0 Å². The molecular weight excluding hydrogens is 252 g/mol. The highest BCUT2D eigenvalue weighted by molar-refractivity contribution is 5.39. The molecule has 0 atom stereocenters. The summed E-state index contributed by atoms with van der Waals surface area (Å²) in [5.74, 6) is 0. The fraction of sp³-hybridized carbons (Fsp3) is 0.143. The van der Waals surface area contributed by atoms with Crippen molar-refractivity contribution in [1.29, 1.82) is 0 Å². The second-order valence-corrected chi connectivity index (χ2v) is 4.42. The Balaban J connectivity index is 5.71. The summed E-state index contributed by atoms with van der Waals surface area (Å²) in [7, 11) is 0. The molecule has 0 unspecified atom stereocenters. The van der Waals surface area contributed by atoms with Gasteiger partial charge in [0.1, 0.15) is 0 Å². The summed E-state index contributed by atoms with van der Waals surface area (Å²) in [6.45, 7) is 17.2. The fourth-order valence-corrected chi connectivity index (χ4v) is 1.97. The molecule has 0 heteroatoms. The second-order valence-electron chi connectivity index (χ2n) is 4.42. The lowest BCUT2D eigenvalue weighted by Crippen LogP contribution is -2.16. The van der Waals surface area contributed by atoms with Crippen LogP contribution in [0.5, 0.6) is 0 Å². The van der Waals surface area contributed by atoms with E-state index in [1.807, 2.05) is 48.6 Å². The van der Waals surface area contributed by atoms with Gasteiger partial charge in [0.25, 0.3) is 0 Å². The Morgan fingerprint density at radius 2 is 1.29 bits per heavy atom. The van der Waals surface area contributed by atoms with E-state index < -0.39 is 0 Å². The Morgan fingerprint density at radius 1 is 0.762 bits per heavy atom. The third-order valence-electron chi connectivity index (χ3n) is 3.14. The minimum absolute atomic E-state index is 0.201. The van der Waals surface area contributed by atoms with Crippen molar-refractivity contribution < 1.29 is 0 Å². The minimum atomic E-state index is -0.201. The average Bonchev–Trinajstić information content (AvgIpc) is 2.51. The molecule has 0 nitrogen and oxygen atoms in total. The second kappa shape index (κ2) is 11.5. The van der Waals surface area contributed by atoms with E-state index >= 15 is 0 Å². The molecule has 0 radical (unpaired) electrons. The smallest absolute Gasteiger partial charge is 0.0315 e. The number of hydrogen-bond donors (Lipinski definition) is 0. The van der Waals surface area contributed by atoms with Gasteiger partial charge in [0.15, 0.2) is 0 Å². The molecule has 0 N–H and O–H groups in total. The Hall–Kier alpha value is -2.34. The van der Waals surface area contributed by atoms with Gasteiger partial charge in [-0.15, -0.1) is 0 Å². The van der Waals surface area contributed by atoms with Crippen molar-refractivity contribution in [2.75, 3.05) is 0 Å². The summed E-state index contributed by atoms with van der Waals surface area (Å²) >= 11 is 0. The first-order chi connectivity index (χ1) is 10.2. The minimum Gasteiger partial charge on any atom is -0.0991 e. The third kappa shape index (κ3) is 6.58. The zero-order valence-electron chi connectivity index (χ0n) is 13.0. The molecule has 0 saturated heterocycles. The van der Waals surface area contributed by atoms with Crippen LogP contribution in [0.25, 0.3) is 0 Å². The van der Waals surface area contributed by atoms with Crippen LogP contribution in [0.4, 0.5) is 0 Å². The summed E-state index contributed by atoms with van der Waals surface area (Å²) in [5.41, 5.74) is 0.916. The molecule has 0 aromatic heterocycles. The van der Waals surface area contributed by atoms with E-state index in [1.165, 1.54) is 0 Å². The molecule has 0 amide bonds. The molecule has 21 heavy (non-hydrogen) atoms. The normalized spacial score (nSPS) is 13.5. The number of hydrogen-bond acceptors (Lipinski definition) is 0. The van der Waals surface area contributed by atoms with Gasteiger partial charge in [-0.05, 0) is 12.0 Å². The maximum Gasteiger partial charge on any atom is 0.0315 e. The highest BCUT2D eigenvalue weighted by Crippen LogP contribution is 2.36. The average molecular weight is 278 g/mol. The first-order valence-corrected chi connectivity index (χ1v) is 7.10. The van der Waals surface area contributed by atoms with Crippen molar-refractivity contribution in [1.82, 2.24) is 0 Å². The molecule has 0 heterocycles. The molecule has 0 rings (SSSR count). The van der Waals surface area contributed by atoms with Gasteiger partial charge in [0, 0.05) is 5.41 Å². The quantitative estimate of drug-likeness (QED) is 0.413. The predicted molar refractivity (Wildman–Crippen MR) is 98.2 cm³/mol. The Bertz CT molecular complexity index is 462. The molecule has 0 aromatic rings. The standard InChI is InChI=1S/C21H26/c1-6-11-13-15-18-21(10-5,19-16-14-12-7-2)20(9-4)17-8-3/h6-9,11-19H,1-4,10H2,5H3/b13-11-,14-12-,18-15+,19-16+,20-17+. The lowest BCUT2D eigenvalue weighted by molar-refractivity contribution is 0.576. The van der Waals surface area contributed by atoms with Crippen molar-refractivity contribution in [2.45, 2.75) is 13.3 Å². The molecule has 0 aliphatic carbocycles. The van der Waals surface area contributed by atoms with Crippen molar-refractivity contribution >= 4 is 0 Å². The molecule has 0 aliphatic rings. The first-order valence-electron chi connectivity index (χ1n) is 7.10. The van der Waals surface area contributed by atoms with Gasteiger partial charge in [-0.1, -0.05) is 112 Å². The van der Waals surface area contributed by atoms with Gasteiger partial charge in [0.05, 0.1) is 0 Å². The molecule has 0 saturated carbocycles. The van der Waals surface area contributed by atoms with Crippen molar-refractivity contribution in [3.05, 3.63) is 111 Å². The molecule has 0 bridgehead atoms. The predicted octanol–water partition coefficient (Wildman–Crippen LogP) is 6.28. The van der Waals surface area contributed by atoms with Crippen LogP contribution in [-0.4, -0.2) is 0 Å². The van der Waals surface area contributed by atoms with E-state index in [-0.39, 0.29) is 5.41 Å². The van der Waals surface area contributed by atoms with Gasteiger partial charge in [-0.2, -0.15) is 0 Å². The van der Waals surface area contributed by atoms with Crippen LogP contribution in [-0.2, 0) is 0 Å². The summed E-state index contributed by atoms with van der Waals surface area (Å²) in [5, 5.41) is 0. The van der Waals surface area contributed by atoms with E-state index in [0.717, 1.165) is 12.0 Å². The van der Waals surface area contributed by atoms with E-state index in [4.69, 9.17) is 0 Å². The van der Waals surface area contributed by atoms with Crippen LogP contribution in [0.2, 0.25) is 0 Å². The van der Waals surface area contributed by atoms with Gasteiger partial charge >= 0.3 is 0 Å². The maximum absolute atomic E-state index is 3.93. The zero-order chi connectivity index (χ0) is 16.0. The Kier molecular flexibility index (Phi) is 10.2. The zero-order valence-corrected chi connectivity index (χ0v) is 13.0. The monoisotopic (exact) mass is 278 g/mol. The molecule has 0 spiro atoms. The molecule has 110 valence electrons. The lowest BCUT2D eigenvalue weighted by Gasteiger charge is -2.27. The highest BCUT2D eigenvalue weighted by Gasteiger charge is 2.24. The van der Waals surface area contributed by atoms with Crippen molar-refractivity contribution in [2.24, 2.45) is 5.41 Å². The van der Waals surface area contributed by atoms with Gasteiger partial charge < -0.3 is 0 Å². The summed E-state index contributed by atoms with van der Waals surface area (Å²) in [6.07, 6.45) is 26.3. The third-order valence-corrected chi connectivity index (χ3v) is 3.14. The van der Waals surface area contributed by atoms with Crippen LogP contribution < -0.4 is 0 Å². The van der Waals surface area contributed by atoms with E-state index in [2.05, 4.69) is 45.4 Å². The molecule has 0 aliphatic heterocycles. The fourth-order valence-electron chi connectivity index (χ4n) is 1.97. The SMILES string of the molecule is C=C/C=C\C=C\C(/C=C/C=C\C=C)(CC)/C(C=C)=C/C=C. The Labute approximate surface area is 130 Å². The van der Waals surface area contributed by atoms with Crippen LogP contribution in [0.15, 0.2) is 111 Å². The van der Waals surface area contributed by atoms with Crippen LogP contribution in [0.1, 0.15) is 13.3 Å². The largest absolute Gasteiger partial charge is 0.0991 e. The molecular formula is C21H26. The lowest BCUT2D eigenvalue weighted by atomic mass is 9.76. The topological polar surface area (TPSA) is 0 Å². The van der Waals surface area contributed by atoms with Crippen molar-refractivity contribution in [3.63, 3.8) is 0 Å². The summed E-state index contributed by atoms with van der Waals surface area (Å²) in [4.78, 5) is 0. The van der Waals surface area contributed by atoms with Crippen LogP contribution in [0.3, 0.4) is 0 Å². The molecule has 0 aromatic carbocycles. The molecule has 0 fully saturated rings. The number of allylic oxidation sites excluding steroid dienone is 14. The summed E-state index contributed by atoms with van der Waals surface area (Å²) in [6, 6.07) is 0. The van der Waals surface area contributed by atoms with E-state index in [1.54, 1.807) is 18.2 Å².